The first-order chi connectivity index (χ1) is 5.76. The molecule has 0 bridgehead atoms. The van der Waals surface area contributed by atoms with Crippen molar-refractivity contribution in [3.63, 3.8) is 0 Å². The van der Waals surface area contributed by atoms with Crippen molar-refractivity contribution in [3.05, 3.63) is 36.6 Å². The van der Waals surface area contributed by atoms with Crippen LogP contribution in [0, 0.1) is 0 Å². The lowest BCUT2D eigenvalue weighted by Crippen LogP contribution is -2.26. The van der Waals surface area contributed by atoms with Crippen molar-refractivity contribution in [2.45, 2.75) is 12.0 Å². The van der Waals surface area contributed by atoms with Gasteiger partial charge in [-0.1, -0.05) is 12.7 Å². The quantitative estimate of drug-likeness (QED) is 0.597. The van der Waals surface area contributed by atoms with Gasteiger partial charge in [0.2, 0.25) is 0 Å². The van der Waals surface area contributed by atoms with Gasteiger partial charge in [-0.3, -0.25) is 0 Å². The summed E-state index contributed by atoms with van der Waals surface area (Å²) < 4.78 is 10.4. The summed E-state index contributed by atoms with van der Waals surface area (Å²) in [5.41, 5.74) is -0.331. The highest BCUT2D eigenvalue weighted by molar-refractivity contribution is 5.27. The monoisotopic (exact) mass is 166 g/mol. The Morgan fingerprint density at radius 3 is 2.67 bits per heavy atom. The van der Waals surface area contributed by atoms with Crippen LogP contribution in [0.3, 0.4) is 0 Å². The normalized spacial score (nSPS) is 28.0. The van der Waals surface area contributed by atoms with E-state index >= 15 is 0 Å². The maximum Gasteiger partial charge on any atom is 0.114 e. The second kappa shape index (κ2) is 3.59. The van der Waals surface area contributed by atoms with Crippen LogP contribution in [-0.2, 0) is 9.47 Å². The summed E-state index contributed by atoms with van der Waals surface area (Å²) in [4.78, 5) is 0. The Labute approximate surface area is 73.2 Å². The van der Waals surface area contributed by atoms with Crippen LogP contribution >= 0.6 is 0 Å². The Kier molecular flexibility index (Phi) is 2.71. The van der Waals surface area contributed by atoms with E-state index < -0.39 is 0 Å². The molecule has 12 heavy (non-hydrogen) atoms. The summed E-state index contributed by atoms with van der Waals surface area (Å²) in [6.07, 6.45) is 8.43. The van der Waals surface area contributed by atoms with Crippen molar-refractivity contribution in [3.8, 4) is 0 Å². The minimum Gasteiger partial charge on any atom is -0.497 e. The van der Waals surface area contributed by atoms with Gasteiger partial charge in [0.25, 0.3) is 0 Å². The molecular weight excluding hydrogens is 152 g/mol. The Morgan fingerprint density at radius 1 is 1.58 bits per heavy atom. The van der Waals surface area contributed by atoms with E-state index in [9.17, 15) is 0 Å². The maximum absolute atomic E-state index is 5.32. The molecule has 2 nitrogen and oxygen atoms in total. The van der Waals surface area contributed by atoms with Crippen LogP contribution in [0.4, 0.5) is 0 Å². The first-order valence-electron chi connectivity index (χ1n) is 3.88. The summed E-state index contributed by atoms with van der Waals surface area (Å²) in [6, 6.07) is 0. The summed E-state index contributed by atoms with van der Waals surface area (Å²) >= 11 is 0. The van der Waals surface area contributed by atoms with Gasteiger partial charge in [0, 0.05) is 13.5 Å². The smallest absolute Gasteiger partial charge is 0.114 e. The second-order valence-electron chi connectivity index (χ2n) is 2.71. The van der Waals surface area contributed by atoms with Gasteiger partial charge in [0.1, 0.15) is 11.4 Å². The van der Waals surface area contributed by atoms with Crippen LogP contribution in [0.2, 0.25) is 0 Å². The molecule has 0 aromatic heterocycles. The molecule has 1 aliphatic rings. The molecule has 0 aliphatic heterocycles. The van der Waals surface area contributed by atoms with Gasteiger partial charge in [0.05, 0.1) is 7.11 Å². The van der Waals surface area contributed by atoms with Gasteiger partial charge in [-0.25, -0.2) is 0 Å². The van der Waals surface area contributed by atoms with Crippen LogP contribution in [0.5, 0.6) is 0 Å². The van der Waals surface area contributed by atoms with E-state index in [4.69, 9.17) is 9.47 Å². The molecule has 0 radical (unpaired) electrons. The second-order valence-corrected chi connectivity index (χ2v) is 2.71. The third kappa shape index (κ3) is 1.59. The van der Waals surface area contributed by atoms with Crippen molar-refractivity contribution in [1.82, 2.24) is 0 Å². The van der Waals surface area contributed by atoms with Crippen molar-refractivity contribution in [2.24, 2.45) is 0 Å². The number of rotatable bonds is 3. The lowest BCUT2D eigenvalue weighted by Gasteiger charge is -2.26. The molecule has 0 heterocycles. The molecule has 1 rings (SSSR count). The third-order valence-corrected chi connectivity index (χ3v) is 2.11. The zero-order valence-electron chi connectivity index (χ0n) is 7.54. The first-order valence-corrected chi connectivity index (χ1v) is 3.88. The van der Waals surface area contributed by atoms with E-state index in [0.29, 0.717) is 0 Å². The molecular formula is C10H14O2. The molecule has 66 valence electrons. The van der Waals surface area contributed by atoms with E-state index in [1.807, 2.05) is 18.2 Å². The highest BCUT2D eigenvalue weighted by atomic mass is 16.5. The van der Waals surface area contributed by atoms with E-state index in [2.05, 4.69) is 6.58 Å². The molecule has 0 fully saturated rings. The summed E-state index contributed by atoms with van der Waals surface area (Å²) in [6.45, 7) is 3.73. The topological polar surface area (TPSA) is 18.5 Å². The van der Waals surface area contributed by atoms with E-state index in [1.54, 1.807) is 20.3 Å². The molecule has 1 atom stereocenters. The Hall–Kier alpha value is -1.02. The molecule has 1 unspecified atom stereocenters. The largest absolute Gasteiger partial charge is 0.497 e. The third-order valence-electron chi connectivity index (χ3n) is 2.11. The predicted molar refractivity (Wildman–Crippen MR) is 48.8 cm³/mol. The lowest BCUT2D eigenvalue weighted by atomic mass is 9.95. The van der Waals surface area contributed by atoms with Crippen LogP contribution in [0.15, 0.2) is 36.6 Å². The Morgan fingerprint density at radius 2 is 2.33 bits per heavy atom. The number of hydrogen-bond acceptors (Lipinski definition) is 2. The molecule has 0 saturated heterocycles. The van der Waals surface area contributed by atoms with Crippen LogP contribution < -0.4 is 0 Å². The van der Waals surface area contributed by atoms with Gasteiger partial charge in [0.15, 0.2) is 0 Å². The highest BCUT2D eigenvalue weighted by Gasteiger charge is 2.23. The molecule has 1 aliphatic carbocycles. The van der Waals surface area contributed by atoms with Crippen LogP contribution in [-0.4, -0.2) is 19.8 Å². The fourth-order valence-corrected chi connectivity index (χ4v) is 1.16. The Balaban J connectivity index is 2.74. The molecule has 2 heteroatoms. The average Bonchev–Trinajstić information content (AvgIpc) is 2.18. The van der Waals surface area contributed by atoms with Crippen LogP contribution in [0.25, 0.3) is 0 Å². The SMILES string of the molecule is C=CC1(OC)C=CC(OC)=CC1. The standard InChI is InChI=1S/C10H14O2/c1-4-10(12-3)7-5-9(11-2)6-8-10/h4-7H,1,8H2,2-3H3. The highest BCUT2D eigenvalue weighted by Crippen LogP contribution is 2.25. The zero-order valence-corrected chi connectivity index (χ0v) is 7.54. The van der Waals surface area contributed by atoms with Crippen molar-refractivity contribution in [2.75, 3.05) is 14.2 Å². The van der Waals surface area contributed by atoms with Gasteiger partial charge < -0.3 is 9.47 Å². The Bertz CT molecular complexity index is 228. The number of methoxy groups -OCH3 is 2. The molecule has 0 spiro atoms. The summed E-state index contributed by atoms with van der Waals surface area (Å²) in [5, 5.41) is 0. The van der Waals surface area contributed by atoms with E-state index in [1.165, 1.54) is 0 Å². The predicted octanol–water partition coefficient (Wildman–Crippen LogP) is 2.05. The minimum atomic E-state index is -0.331. The maximum atomic E-state index is 5.32. The van der Waals surface area contributed by atoms with Crippen molar-refractivity contribution >= 4 is 0 Å². The molecule has 0 amide bonds. The summed E-state index contributed by atoms with van der Waals surface area (Å²) in [7, 11) is 3.33. The molecule has 0 N–H and O–H groups in total. The van der Waals surface area contributed by atoms with Gasteiger partial charge in [-0.15, -0.1) is 0 Å². The molecule has 0 saturated carbocycles. The molecule has 0 aromatic carbocycles. The minimum absolute atomic E-state index is 0.331. The molecule has 0 aromatic rings. The number of allylic oxidation sites excluding steroid dienone is 1. The number of hydrogen-bond donors (Lipinski definition) is 0. The fraction of sp³-hybridized carbons (Fsp3) is 0.400. The van der Waals surface area contributed by atoms with E-state index in [0.717, 1.165) is 12.2 Å². The van der Waals surface area contributed by atoms with Gasteiger partial charge in [-0.2, -0.15) is 0 Å². The van der Waals surface area contributed by atoms with E-state index in [-0.39, 0.29) is 5.60 Å². The van der Waals surface area contributed by atoms with Crippen LogP contribution in [0.1, 0.15) is 6.42 Å². The average molecular weight is 166 g/mol. The first kappa shape index (κ1) is 9.07. The van der Waals surface area contributed by atoms with Gasteiger partial charge >= 0.3 is 0 Å². The van der Waals surface area contributed by atoms with Crippen molar-refractivity contribution in [1.29, 1.82) is 0 Å². The fourth-order valence-electron chi connectivity index (χ4n) is 1.16. The van der Waals surface area contributed by atoms with Gasteiger partial charge in [-0.05, 0) is 18.2 Å². The summed E-state index contributed by atoms with van der Waals surface area (Å²) in [5.74, 6) is 0.879. The number of ether oxygens (including phenoxy) is 2. The zero-order chi connectivity index (χ0) is 9.03. The lowest BCUT2D eigenvalue weighted by molar-refractivity contribution is 0.0740. The van der Waals surface area contributed by atoms with Crippen molar-refractivity contribution < 1.29 is 9.47 Å².